The molecule has 1 aromatic rings. The Labute approximate surface area is 155 Å². The molecule has 1 aliphatic rings. The lowest BCUT2D eigenvalue weighted by molar-refractivity contribution is 0.111. The van der Waals surface area contributed by atoms with Gasteiger partial charge in [0.25, 0.3) is 0 Å². The summed E-state index contributed by atoms with van der Waals surface area (Å²) in [4.78, 5) is 18.0. The third-order valence-electron chi connectivity index (χ3n) is 4.58. The minimum atomic E-state index is -0.262. The summed E-state index contributed by atoms with van der Waals surface area (Å²) < 4.78 is 4.77. The summed E-state index contributed by atoms with van der Waals surface area (Å²) in [6, 6.07) is 4.20. The lowest BCUT2D eigenvalue weighted by Gasteiger charge is -2.32. The summed E-state index contributed by atoms with van der Waals surface area (Å²) in [5.41, 5.74) is 2.79. The van der Waals surface area contributed by atoms with Crippen molar-refractivity contribution in [3.05, 3.63) is 28.8 Å². The highest BCUT2D eigenvalue weighted by Crippen LogP contribution is 2.23. The molecule has 0 atom stereocenters. The number of ether oxygens (including phenoxy) is 1. The van der Waals surface area contributed by atoms with E-state index in [1.54, 1.807) is 4.90 Å². The van der Waals surface area contributed by atoms with E-state index in [-0.39, 0.29) is 12.1 Å². The van der Waals surface area contributed by atoms with Gasteiger partial charge in [0.15, 0.2) is 5.96 Å². The molecule has 1 aromatic carbocycles. The SMILES string of the molecule is CCNC(=NCc1cc(C)c(O)c(C)c1)NC1CCN(C(=O)OC)CC1. The fourth-order valence-electron chi connectivity index (χ4n) is 3.16. The predicted molar refractivity (Wildman–Crippen MR) is 103 cm³/mol. The van der Waals surface area contributed by atoms with Gasteiger partial charge in [-0.05, 0) is 50.3 Å². The minimum absolute atomic E-state index is 0.262. The Bertz CT molecular complexity index is 629. The van der Waals surface area contributed by atoms with Crippen molar-refractivity contribution in [1.82, 2.24) is 15.5 Å². The number of carbonyl (C=O) groups is 1. The standard InChI is InChI=1S/C19H30N4O3/c1-5-20-18(21-12-15-10-13(2)17(24)14(3)11-15)22-16-6-8-23(9-7-16)19(25)26-4/h10-11,16,24H,5-9,12H2,1-4H3,(H2,20,21,22). The molecule has 1 saturated heterocycles. The molecule has 0 aliphatic carbocycles. The van der Waals surface area contributed by atoms with Crippen LogP contribution in [0.25, 0.3) is 0 Å². The highest BCUT2D eigenvalue weighted by atomic mass is 16.5. The quantitative estimate of drug-likeness (QED) is 0.565. The van der Waals surface area contributed by atoms with E-state index in [0.29, 0.717) is 25.4 Å². The van der Waals surface area contributed by atoms with Gasteiger partial charge in [0.2, 0.25) is 0 Å². The van der Waals surface area contributed by atoms with Gasteiger partial charge in [0.1, 0.15) is 5.75 Å². The maximum absolute atomic E-state index is 11.6. The first-order valence-electron chi connectivity index (χ1n) is 9.11. The number of nitrogens with zero attached hydrogens (tertiary/aromatic N) is 2. The number of rotatable bonds is 4. The number of hydrogen-bond acceptors (Lipinski definition) is 4. The summed E-state index contributed by atoms with van der Waals surface area (Å²) in [5, 5.41) is 16.6. The molecule has 0 bridgehead atoms. The minimum Gasteiger partial charge on any atom is -0.507 e. The normalized spacial score (nSPS) is 15.7. The highest BCUT2D eigenvalue weighted by Gasteiger charge is 2.23. The third-order valence-corrected chi connectivity index (χ3v) is 4.58. The zero-order valence-electron chi connectivity index (χ0n) is 16.1. The molecule has 26 heavy (non-hydrogen) atoms. The smallest absolute Gasteiger partial charge is 0.409 e. The van der Waals surface area contributed by atoms with Crippen LogP contribution in [0.4, 0.5) is 4.79 Å². The van der Waals surface area contributed by atoms with E-state index in [9.17, 15) is 9.90 Å². The first-order chi connectivity index (χ1) is 12.4. The van der Waals surface area contributed by atoms with Crippen LogP contribution in [0.15, 0.2) is 17.1 Å². The summed E-state index contributed by atoms with van der Waals surface area (Å²) in [6.07, 6.45) is 1.45. The number of hydrogen-bond donors (Lipinski definition) is 3. The van der Waals surface area contributed by atoms with Crippen molar-refractivity contribution in [1.29, 1.82) is 0 Å². The van der Waals surface area contributed by atoms with Crippen LogP contribution in [0.3, 0.4) is 0 Å². The summed E-state index contributed by atoms with van der Waals surface area (Å²) in [5.74, 6) is 1.12. The van der Waals surface area contributed by atoms with Crippen molar-refractivity contribution < 1.29 is 14.6 Å². The number of phenolic OH excluding ortho intramolecular Hbond substituents is 1. The number of carbonyl (C=O) groups excluding carboxylic acids is 1. The van der Waals surface area contributed by atoms with Crippen LogP contribution in [0.5, 0.6) is 5.75 Å². The Morgan fingerprint density at radius 2 is 1.92 bits per heavy atom. The molecule has 7 nitrogen and oxygen atoms in total. The summed E-state index contributed by atoms with van der Waals surface area (Å²) in [7, 11) is 1.41. The van der Waals surface area contributed by atoms with Gasteiger partial charge in [0.05, 0.1) is 13.7 Å². The largest absolute Gasteiger partial charge is 0.507 e. The van der Waals surface area contributed by atoms with Crippen molar-refractivity contribution in [2.24, 2.45) is 4.99 Å². The van der Waals surface area contributed by atoms with Gasteiger partial charge in [-0.3, -0.25) is 0 Å². The number of amides is 1. The Hall–Kier alpha value is -2.44. The molecular formula is C19H30N4O3. The summed E-state index contributed by atoms with van der Waals surface area (Å²) in [6.45, 7) is 8.51. The van der Waals surface area contributed by atoms with Crippen LogP contribution in [-0.4, -0.2) is 54.8 Å². The Morgan fingerprint density at radius 1 is 1.31 bits per heavy atom. The third kappa shape index (κ3) is 5.28. The molecular weight excluding hydrogens is 332 g/mol. The average molecular weight is 362 g/mol. The van der Waals surface area contributed by atoms with Gasteiger partial charge in [0, 0.05) is 25.7 Å². The number of aliphatic imine (C=N–C) groups is 1. The number of likely N-dealkylation sites (tertiary alicyclic amines) is 1. The fraction of sp³-hybridized carbons (Fsp3) is 0.579. The van der Waals surface area contributed by atoms with Gasteiger partial charge < -0.3 is 25.4 Å². The molecule has 0 saturated carbocycles. The maximum Gasteiger partial charge on any atom is 0.409 e. The molecule has 0 radical (unpaired) electrons. The zero-order chi connectivity index (χ0) is 19.1. The molecule has 2 rings (SSSR count). The molecule has 0 spiro atoms. The van der Waals surface area contributed by atoms with E-state index in [0.717, 1.165) is 42.0 Å². The number of guanidine groups is 1. The van der Waals surface area contributed by atoms with Crippen LogP contribution in [-0.2, 0) is 11.3 Å². The summed E-state index contributed by atoms with van der Waals surface area (Å²) >= 11 is 0. The molecule has 1 amide bonds. The number of methoxy groups -OCH3 is 1. The second kappa shape index (κ2) is 9.31. The van der Waals surface area contributed by atoms with Crippen LogP contribution in [0, 0.1) is 13.8 Å². The number of nitrogens with one attached hydrogen (secondary N) is 2. The fourth-order valence-corrected chi connectivity index (χ4v) is 3.16. The van der Waals surface area contributed by atoms with E-state index in [4.69, 9.17) is 4.74 Å². The molecule has 1 heterocycles. The number of piperidine rings is 1. The topological polar surface area (TPSA) is 86.2 Å². The van der Waals surface area contributed by atoms with Crippen LogP contribution < -0.4 is 10.6 Å². The zero-order valence-corrected chi connectivity index (χ0v) is 16.1. The monoisotopic (exact) mass is 362 g/mol. The van der Waals surface area contributed by atoms with E-state index in [1.807, 2.05) is 32.9 Å². The number of aromatic hydroxyl groups is 1. The van der Waals surface area contributed by atoms with Crippen LogP contribution in [0.1, 0.15) is 36.5 Å². The second-order valence-electron chi connectivity index (χ2n) is 6.65. The molecule has 7 heteroatoms. The molecule has 0 unspecified atom stereocenters. The maximum atomic E-state index is 11.6. The van der Waals surface area contributed by atoms with Gasteiger partial charge in [-0.1, -0.05) is 12.1 Å². The molecule has 0 aromatic heterocycles. The Balaban J connectivity index is 1.96. The molecule has 1 aliphatic heterocycles. The number of phenols is 1. The Kier molecular flexibility index (Phi) is 7.12. The number of aryl methyl sites for hydroxylation is 2. The van der Waals surface area contributed by atoms with Gasteiger partial charge in [-0.2, -0.15) is 0 Å². The lowest BCUT2D eigenvalue weighted by Crippen LogP contribution is -2.49. The van der Waals surface area contributed by atoms with Crippen molar-refractivity contribution in [2.45, 2.75) is 46.2 Å². The average Bonchev–Trinajstić information content (AvgIpc) is 2.64. The van der Waals surface area contributed by atoms with E-state index in [2.05, 4.69) is 15.6 Å². The first-order valence-corrected chi connectivity index (χ1v) is 9.11. The van der Waals surface area contributed by atoms with Crippen LogP contribution >= 0.6 is 0 Å². The van der Waals surface area contributed by atoms with Crippen molar-refractivity contribution in [3.63, 3.8) is 0 Å². The van der Waals surface area contributed by atoms with Gasteiger partial charge in [-0.15, -0.1) is 0 Å². The van der Waals surface area contributed by atoms with Gasteiger partial charge >= 0.3 is 6.09 Å². The predicted octanol–water partition coefficient (Wildman–Crippen LogP) is 2.29. The van der Waals surface area contributed by atoms with E-state index in [1.165, 1.54) is 7.11 Å². The van der Waals surface area contributed by atoms with Crippen molar-refractivity contribution in [3.8, 4) is 5.75 Å². The lowest BCUT2D eigenvalue weighted by atomic mass is 10.1. The molecule has 144 valence electrons. The van der Waals surface area contributed by atoms with Gasteiger partial charge in [-0.25, -0.2) is 9.79 Å². The molecule has 1 fully saturated rings. The first kappa shape index (κ1) is 19.9. The van der Waals surface area contributed by atoms with Crippen molar-refractivity contribution in [2.75, 3.05) is 26.7 Å². The number of benzene rings is 1. The highest BCUT2D eigenvalue weighted by molar-refractivity contribution is 5.80. The van der Waals surface area contributed by atoms with E-state index >= 15 is 0 Å². The van der Waals surface area contributed by atoms with Crippen LogP contribution in [0.2, 0.25) is 0 Å². The second-order valence-corrected chi connectivity index (χ2v) is 6.65. The van der Waals surface area contributed by atoms with E-state index < -0.39 is 0 Å². The Morgan fingerprint density at radius 3 is 2.46 bits per heavy atom. The molecule has 3 N–H and O–H groups in total. The van der Waals surface area contributed by atoms with Crippen molar-refractivity contribution >= 4 is 12.1 Å².